The van der Waals surface area contributed by atoms with E-state index in [2.05, 4.69) is 166 Å². The quantitative estimate of drug-likeness (QED) is 0.160. The third-order valence-electron chi connectivity index (χ3n) is 9.65. The average Bonchev–Trinajstić information content (AvgIpc) is 3.65. The third-order valence-corrected chi connectivity index (χ3v) is 9.65. The van der Waals surface area contributed by atoms with Gasteiger partial charge in [0.1, 0.15) is 17.7 Å². The van der Waals surface area contributed by atoms with Gasteiger partial charge in [-0.1, -0.05) is 127 Å². The predicted molar refractivity (Wildman–Crippen MR) is 194 cm³/mol. The summed E-state index contributed by atoms with van der Waals surface area (Å²) in [7, 11) is 0. The van der Waals surface area contributed by atoms with Gasteiger partial charge in [0.25, 0.3) is 0 Å². The van der Waals surface area contributed by atoms with Crippen molar-refractivity contribution in [2.75, 3.05) is 31.1 Å². The van der Waals surface area contributed by atoms with Crippen LogP contribution in [0.5, 0.6) is 0 Å². The second kappa shape index (κ2) is 12.9. The maximum absolute atomic E-state index is 5.10. The molecule has 0 atom stereocenters. The Hall–Kier alpha value is -5.59. The van der Waals surface area contributed by atoms with Crippen LogP contribution in [-0.4, -0.2) is 50.8 Å². The Morgan fingerprint density at radius 2 is 1.23 bits per heavy atom. The lowest BCUT2D eigenvalue weighted by Gasteiger charge is -2.36. The largest absolute Gasteiger partial charge is 0.353 e. The van der Waals surface area contributed by atoms with Gasteiger partial charge in [-0.25, -0.2) is 9.97 Å². The highest BCUT2D eigenvalue weighted by Crippen LogP contribution is 2.41. The number of aryl methyl sites for hydroxylation is 1. The van der Waals surface area contributed by atoms with Crippen molar-refractivity contribution in [3.05, 3.63) is 180 Å². The van der Waals surface area contributed by atoms with Crippen LogP contribution in [0.2, 0.25) is 0 Å². The van der Waals surface area contributed by atoms with E-state index in [1.54, 1.807) is 6.33 Å². The van der Waals surface area contributed by atoms with E-state index in [-0.39, 0.29) is 0 Å². The molecule has 0 unspecified atom stereocenters. The maximum Gasteiger partial charge on any atom is 0.139 e. The molecule has 236 valence electrons. The summed E-state index contributed by atoms with van der Waals surface area (Å²) in [6.45, 7) is 6.95. The van der Waals surface area contributed by atoms with Crippen LogP contribution in [0.1, 0.15) is 27.8 Å². The normalized spacial score (nSPS) is 14.0. The first-order valence-corrected chi connectivity index (χ1v) is 16.7. The minimum absolute atomic E-state index is 0.661. The number of anilines is 1. The number of rotatable bonds is 8. The van der Waals surface area contributed by atoms with E-state index < -0.39 is 5.54 Å². The molecule has 3 heterocycles. The SMILES string of the molecule is Cc1ccc(CN2CCN(c3ncnc4ccc(-c5cnn(C(c6ccccc6)(c6ccccc6)c6ccccc6)c5)cc34)CC2)cc1. The van der Waals surface area contributed by atoms with Crippen LogP contribution < -0.4 is 4.90 Å². The number of fused-ring (bicyclic) bond motifs is 1. The molecule has 0 amide bonds. The molecule has 0 spiro atoms. The van der Waals surface area contributed by atoms with Gasteiger partial charge < -0.3 is 4.90 Å². The summed E-state index contributed by atoms with van der Waals surface area (Å²) in [6, 6.07) is 47.4. The zero-order valence-corrected chi connectivity index (χ0v) is 27.2. The average molecular weight is 627 g/mol. The zero-order valence-electron chi connectivity index (χ0n) is 27.2. The molecule has 5 aromatic carbocycles. The number of aromatic nitrogens is 4. The summed E-state index contributed by atoms with van der Waals surface area (Å²) in [4.78, 5) is 14.4. The first-order chi connectivity index (χ1) is 23.7. The molecule has 0 saturated carbocycles. The Labute approximate surface area is 282 Å². The Balaban J connectivity index is 1.15. The third kappa shape index (κ3) is 5.54. The van der Waals surface area contributed by atoms with Gasteiger partial charge in [0.15, 0.2) is 0 Å². The standard InChI is InChI=1S/C42H38N6/c1-32-17-19-33(20-18-32)29-46-23-25-47(26-24-46)41-39-27-34(21-22-40(39)43-31-44-41)35-28-45-48(30-35)42(36-11-5-2-6-12-36,37-13-7-3-8-14-37)38-15-9-4-10-16-38/h2-22,27-28,30-31H,23-26,29H2,1H3. The highest BCUT2D eigenvalue weighted by molar-refractivity contribution is 5.92. The summed E-state index contributed by atoms with van der Waals surface area (Å²) in [6.07, 6.45) is 5.86. The second-order valence-corrected chi connectivity index (χ2v) is 12.7. The van der Waals surface area contributed by atoms with Crippen molar-refractivity contribution >= 4 is 16.7 Å². The second-order valence-electron chi connectivity index (χ2n) is 12.7. The van der Waals surface area contributed by atoms with E-state index in [1.165, 1.54) is 11.1 Å². The Bertz CT molecular complexity index is 2020. The van der Waals surface area contributed by atoms with Gasteiger partial charge in [-0.3, -0.25) is 9.58 Å². The lowest BCUT2D eigenvalue weighted by atomic mass is 9.77. The van der Waals surface area contributed by atoms with E-state index in [0.717, 1.165) is 77.3 Å². The van der Waals surface area contributed by atoms with Gasteiger partial charge >= 0.3 is 0 Å². The van der Waals surface area contributed by atoms with Crippen molar-refractivity contribution in [3.63, 3.8) is 0 Å². The molecule has 8 rings (SSSR count). The van der Waals surface area contributed by atoms with Crippen molar-refractivity contribution < 1.29 is 0 Å². The number of piperazine rings is 1. The monoisotopic (exact) mass is 626 g/mol. The van der Waals surface area contributed by atoms with E-state index in [1.807, 2.05) is 6.20 Å². The Kier molecular flexibility index (Phi) is 8.00. The van der Waals surface area contributed by atoms with Gasteiger partial charge in [0.05, 0.1) is 11.7 Å². The van der Waals surface area contributed by atoms with Crippen molar-refractivity contribution in [1.29, 1.82) is 0 Å². The number of hydrogen-bond acceptors (Lipinski definition) is 5. The van der Waals surface area contributed by atoms with E-state index >= 15 is 0 Å². The van der Waals surface area contributed by atoms with Crippen LogP contribution in [0.4, 0.5) is 5.82 Å². The molecular weight excluding hydrogens is 589 g/mol. The molecule has 0 N–H and O–H groups in total. The molecule has 1 aliphatic rings. The van der Waals surface area contributed by atoms with Crippen LogP contribution in [0, 0.1) is 6.92 Å². The molecule has 6 heteroatoms. The zero-order chi connectivity index (χ0) is 32.3. The molecule has 0 radical (unpaired) electrons. The van der Waals surface area contributed by atoms with Crippen molar-refractivity contribution in [2.45, 2.75) is 19.0 Å². The molecule has 2 aromatic heterocycles. The maximum atomic E-state index is 5.10. The predicted octanol–water partition coefficient (Wildman–Crippen LogP) is 7.96. The molecule has 0 bridgehead atoms. The smallest absolute Gasteiger partial charge is 0.139 e. The molecular formula is C42H38N6. The highest BCUT2D eigenvalue weighted by Gasteiger charge is 2.39. The Morgan fingerprint density at radius 3 is 1.83 bits per heavy atom. The molecule has 0 aliphatic carbocycles. The fourth-order valence-electron chi connectivity index (χ4n) is 7.13. The van der Waals surface area contributed by atoms with Gasteiger partial charge in [-0.05, 0) is 46.9 Å². The molecule has 1 saturated heterocycles. The molecule has 1 aliphatic heterocycles. The van der Waals surface area contributed by atoms with Crippen LogP contribution in [0.25, 0.3) is 22.0 Å². The van der Waals surface area contributed by atoms with Crippen LogP contribution in [-0.2, 0) is 12.1 Å². The lowest BCUT2D eigenvalue weighted by Crippen LogP contribution is -2.46. The van der Waals surface area contributed by atoms with Crippen molar-refractivity contribution in [2.24, 2.45) is 0 Å². The summed E-state index contributed by atoms with van der Waals surface area (Å²) in [5.74, 6) is 0.997. The van der Waals surface area contributed by atoms with E-state index in [9.17, 15) is 0 Å². The first kappa shape index (κ1) is 29.8. The number of nitrogens with zero attached hydrogens (tertiary/aromatic N) is 6. The molecule has 7 aromatic rings. The van der Waals surface area contributed by atoms with Crippen molar-refractivity contribution in [1.82, 2.24) is 24.6 Å². The summed E-state index contributed by atoms with van der Waals surface area (Å²) >= 11 is 0. The van der Waals surface area contributed by atoms with Gasteiger partial charge in [0.2, 0.25) is 0 Å². The topological polar surface area (TPSA) is 50.1 Å². The van der Waals surface area contributed by atoms with Crippen LogP contribution >= 0.6 is 0 Å². The fraction of sp³-hybridized carbons (Fsp3) is 0.167. The summed E-state index contributed by atoms with van der Waals surface area (Å²) in [5, 5.41) is 6.17. The molecule has 1 fully saturated rings. The summed E-state index contributed by atoms with van der Waals surface area (Å²) in [5.41, 5.74) is 8.52. The summed E-state index contributed by atoms with van der Waals surface area (Å²) < 4.78 is 2.13. The minimum atomic E-state index is -0.661. The lowest BCUT2D eigenvalue weighted by molar-refractivity contribution is 0.249. The van der Waals surface area contributed by atoms with Gasteiger partial charge in [-0.15, -0.1) is 0 Å². The number of hydrogen-bond donors (Lipinski definition) is 0. The molecule has 6 nitrogen and oxygen atoms in total. The van der Waals surface area contributed by atoms with E-state index in [0.29, 0.717) is 0 Å². The van der Waals surface area contributed by atoms with Gasteiger partial charge in [0, 0.05) is 49.9 Å². The van der Waals surface area contributed by atoms with Crippen LogP contribution in [0.3, 0.4) is 0 Å². The van der Waals surface area contributed by atoms with E-state index in [4.69, 9.17) is 10.1 Å². The minimum Gasteiger partial charge on any atom is -0.353 e. The molecule has 48 heavy (non-hydrogen) atoms. The first-order valence-electron chi connectivity index (χ1n) is 16.7. The fourth-order valence-corrected chi connectivity index (χ4v) is 7.13. The highest BCUT2D eigenvalue weighted by atomic mass is 15.3. The van der Waals surface area contributed by atoms with Crippen molar-refractivity contribution in [3.8, 4) is 11.1 Å². The van der Waals surface area contributed by atoms with Crippen LogP contribution in [0.15, 0.2) is 152 Å². The number of benzene rings is 5. The Morgan fingerprint density at radius 1 is 0.625 bits per heavy atom. The van der Waals surface area contributed by atoms with Gasteiger partial charge in [-0.2, -0.15) is 5.10 Å².